The molecular formula is C18H20N2O6. The molecule has 0 radical (unpaired) electrons. The standard InChI is InChI=1S/C18H20N2O6/c1-24-12-9-15(25-2)13(16(10-12)26-3)5-7-20-17(21)11-4-6-19-14(8-11)18(22)23/h4,6,8-10H,5,7H2,1-3H3,(H,20,21)(H,22,23). The molecule has 2 N–H and O–H groups in total. The highest BCUT2D eigenvalue weighted by molar-refractivity contribution is 5.96. The highest BCUT2D eigenvalue weighted by atomic mass is 16.5. The van der Waals surface area contributed by atoms with Gasteiger partial charge in [-0.25, -0.2) is 9.78 Å². The number of carboxylic acid groups (broad SMARTS) is 1. The number of carbonyl (C=O) groups is 2. The molecule has 8 nitrogen and oxygen atoms in total. The van der Waals surface area contributed by atoms with Crippen molar-refractivity contribution in [1.82, 2.24) is 10.3 Å². The quantitative estimate of drug-likeness (QED) is 0.739. The Hall–Kier alpha value is -3.29. The number of ether oxygens (including phenoxy) is 3. The van der Waals surface area contributed by atoms with Crippen LogP contribution in [0.4, 0.5) is 0 Å². The lowest BCUT2D eigenvalue weighted by Gasteiger charge is -2.15. The van der Waals surface area contributed by atoms with Crippen molar-refractivity contribution in [2.24, 2.45) is 0 Å². The van der Waals surface area contributed by atoms with Gasteiger partial charge < -0.3 is 24.6 Å². The molecule has 0 saturated heterocycles. The van der Waals surface area contributed by atoms with Gasteiger partial charge in [0, 0.05) is 36.0 Å². The summed E-state index contributed by atoms with van der Waals surface area (Å²) in [4.78, 5) is 26.8. The van der Waals surface area contributed by atoms with Crippen molar-refractivity contribution in [3.63, 3.8) is 0 Å². The fourth-order valence-corrected chi connectivity index (χ4v) is 2.42. The van der Waals surface area contributed by atoms with Crippen LogP contribution in [0.15, 0.2) is 30.5 Å². The Morgan fingerprint density at radius 1 is 1.08 bits per heavy atom. The minimum Gasteiger partial charge on any atom is -0.496 e. The molecule has 0 spiro atoms. The van der Waals surface area contributed by atoms with Crippen LogP contribution in [-0.4, -0.2) is 49.8 Å². The van der Waals surface area contributed by atoms with Gasteiger partial charge in [0.25, 0.3) is 5.91 Å². The van der Waals surface area contributed by atoms with Crippen molar-refractivity contribution in [2.45, 2.75) is 6.42 Å². The summed E-state index contributed by atoms with van der Waals surface area (Å²) in [5, 5.41) is 11.7. The summed E-state index contributed by atoms with van der Waals surface area (Å²) in [5.74, 6) is 0.207. The van der Waals surface area contributed by atoms with Gasteiger partial charge in [-0.15, -0.1) is 0 Å². The number of amides is 1. The number of methoxy groups -OCH3 is 3. The predicted molar refractivity (Wildman–Crippen MR) is 93.3 cm³/mol. The molecule has 1 amide bonds. The van der Waals surface area contributed by atoms with E-state index in [-0.39, 0.29) is 17.2 Å². The number of aromatic carboxylic acids is 1. The van der Waals surface area contributed by atoms with Crippen molar-refractivity contribution < 1.29 is 28.9 Å². The number of hydrogen-bond donors (Lipinski definition) is 2. The lowest BCUT2D eigenvalue weighted by molar-refractivity contribution is 0.0690. The van der Waals surface area contributed by atoms with E-state index in [9.17, 15) is 9.59 Å². The van der Waals surface area contributed by atoms with Crippen LogP contribution in [0.2, 0.25) is 0 Å². The maximum Gasteiger partial charge on any atom is 0.354 e. The number of benzene rings is 1. The second kappa shape index (κ2) is 8.70. The number of pyridine rings is 1. The number of rotatable bonds is 8. The van der Waals surface area contributed by atoms with Crippen LogP contribution in [-0.2, 0) is 6.42 Å². The Kier molecular flexibility index (Phi) is 6.37. The third-order valence-electron chi connectivity index (χ3n) is 3.72. The highest BCUT2D eigenvalue weighted by Gasteiger charge is 2.14. The maximum absolute atomic E-state index is 12.2. The zero-order valence-electron chi connectivity index (χ0n) is 14.7. The van der Waals surface area contributed by atoms with E-state index >= 15 is 0 Å². The fraction of sp³-hybridized carbons (Fsp3) is 0.278. The predicted octanol–water partition coefficient (Wildman–Crippen LogP) is 1.78. The first-order valence-electron chi connectivity index (χ1n) is 7.76. The zero-order valence-corrected chi connectivity index (χ0v) is 14.7. The topological polar surface area (TPSA) is 107 Å². The van der Waals surface area contributed by atoms with E-state index in [0.717, 1.165) is 5.56 Å². The first-order chi connectivity index (χ1) is 12.5. The lowest BCUT2D eigenvalue weighted by atomic mass is 10.1. The van der Waals surface area contributed by atoms with Crippen LogP contribution in [0.3, 0.4) is 0 Å². The monoisotopic (exact) mass is 360 g/mol. The van der Waals surface area contributed by atoms with Gasteiger partial charge >= 0.3 is 5.97 Å². The number of carboxylic acids is 1. The summed E-state index contributed by atoms with van der Waals surface area (Å²) in [6.45, 7) is 0.308. The molecule has 0 saturated carbocycles. The lowest BCUT2D eigenvalue weighted by Crippen LogP contribution is -2.26. The van der Waals surface area contributed by atoms with Crippen LogP contribution in [0.5, 0.6) is 17.2 Å². The second-order valence-electron chi connectivity index (χ2n) is 5.25. The van der Waals surface area contributed by atoms with Crippen LogP contribution < -0.4 is 19.5 Å². The highest BCUT2D eigenvalue weighted by Crippen LogP contribution is 2.34. The molecular weight excluding hydrogens is 340 g/mol. The smallest absolute Gasteiger partial charge is 0.354 e. The third-order valence-corrected chi connectivity index (χ3v) is 3.72. The molecule has 1 aromatic heterocycles. The molecule has 1 heterocycles. The van der Waals surface area contributed by atoms with E-state index in [1.807, 2.05) is 0 Å². The molecule has 0 unspecified atom stereocenters. The number of aromatic nitrogens is 1. The summed E-state index contributed by atoms with van der Waals surface area (Å²) in [7, 11) is 4.63. The van der Waals surface area contributed by atoms with Gasteiger partial charge in [0.05, 0.1) is 21.3 Å². The van der Waals surface area contributed by atoms with Gasteiger partial charge in [-0.2, -0.15) is 0 Å². The minimum atomic E-state index is -1.19. The molecule has 0 aliphatic carbocycles. The summed E-state index contributed by atoms with van der Waals surface area (Å²) in [6, 6.07) is 6.16. The third kappa shape index (κ3) is 4.41. The average molecular weight is 360 g/mol. The van der Waals surface area contributed by atoms with Crippen molar-refractivity contribution in [3.05, 3.63) is 47.3 Å². The summed E-state index contributed by atoms with van der Waals surface area (Å²) < 4.78 is 15.9. The number of nitrogens with zero attached hydrogens (tertiary/aromatic N) is 1. The first kappa shape index (κ1) is 19.0. The Balaban J connectivity index is 2.08. The van der Waals surface area contributed by atoms with Crippen LogP contribution in [0.1, 0.15) is 26.4 Å². The molecule has 1 aromatic carbocycles. The van der Waals surface area contributed by atoms with Crippen molar-refractivity contribution in [2.75, 3.05) is 27.9 Å². The number of nitrogens with one attached hydrogen (secondary N) is 1. The second-order valence-corrected chi connectivity index (χ2v) is 5.25. The van der Waals surface area contributed by atoms with E-state index in [0.29, 0.717) is 30.2 Å². The molecule has 0 bridgehead atoms. The van der Waals surface area contributed by atoms with Crippen LogP contribution in [0, 0.1) is 0 Å². The molecule has 0 aliphatic heterocycles. The van der Waals surface area contributed by atoms with Crippen LogP contribution >= 0.6 is 0 Å². The van der Waals surface area contributed by atoms with E-state index in [4.69, 9.17) is 19.3 Å². The molecule has 0 atom stereocenters. The van der Waals surface area contributed by atoms with E-state index in [1.165, 1.54) is 18.3 Å². The first-order valence-corrected chi connectivity index (χ1v) is 7.76. The zero-order chi connectivity index (χ0) is 19.1. The fourth-order valence-electron chi connectivity index (χ4n) is 2.42. The van der Waals surface area contributed by atoms with Crippen LogP contribution in [0.25, 0.3) is 0 Å². The average Bonchev–Trinajstić information content (AvgIpc) is 2.67. The van der Waals surface area contributed by atoms with Gasteiger partial charge in [0.2, 0.25) is 0 Å². The molecule has 26 heavy (non-hydrogen) atoms. The van der Waals surface area contributed by atoms with E-state index < -0.39 is 5.97 Å². The summed E-state index contributed by atoms with van der Waals surface area (Å²) in [6.07, 6.45) is 1.74. The Morgan fingerprint density at radius 2 is 1.73 bits per heavy atom. The molecule has 138 valence electrons. The number of hydrogen-bond acceptors (Lipinski definition) is 6. The Morgan fingerprint density at radius 3 is 2.27 bits per heavy atom. The van der Waals surface area contributed by atoms with Gasteiger partial charge in [-0.1, -0.05) is 0 Å². The van der Waals surface area contributed by atoms with Gasteiger partial charge in [0.15, 0.2) is 0 Å². The molecule has 2 aromatic rings. The summed E-state index contributed by atoms with van der Waals surface area (Å²) >= 11 is 0. The normalized spacial score (nSPS) is 10.1. The minimum absolute atomic E-state index is 0.184. The van der Waals surface area contributed by atoms with Crippen molar-refractivity contribution in [3.8, 4) is 17.2 Å². The van der Waals surface area contributed by atoms with Crippen molar-refractivity contribution >= 4 is 11.9 Å². The molecule has 0 aliphatic rings. The summed E-state index contributed by atoms with van der Waals surface area (Å²) in [5.41, 5.74) is 0.833. The molecule has 8 heteroatoms. The van der Waals surface area contributed by atoms with E-state index in [2.05, 4.69) is 10.3 Å². The van der Waals surface area contributed by atoms with Gasteiger partial charge in [-0.05, 0) is 18.6 Å². The Labute approximate surface area is 150 Å². The SMILES string of the molecule is COc1cc(OC)c(CCNC(=O)c2ccnc(C(=O)O)c2)c(OC)c1. The van der Waals surface area contributed by atoms with Crippen molar-refractivity contribution in [1.29, 1.82) is 0 Å². The maximum atomic E-state index is 12.2. The molecule has 2 rings (SSSR count). The van der Waals surface area contributed by atoms with Gasteiger partial charge in [-0.3, -0.25) is 4.79 Å². The Bertz CT molecular complexity index is 781. The number of carbonyl (C=O) groups excluding carboxylic acids is 1. The van der Waals surface area contributed by atoms with E-state index in [1.54, 1.807) is 33.5 Å². The largest absolute Gasteiger partial charge is 0.496 e. The van der Waals surface area contributed by atoms with Gasteiger partial charge in [0.1, 0.15) is 22.9 Å². The molecule has 0 fully saturated rings.